The van der Waals surface area contributed by atoms with Crippen molar-refractivity contribution in [3.63, 3.8) is 0 Å². The van der Waals surface area contributed by atoms with Gasteiger partial charge in [-0.3, -0.25) is 9.69 Å². The molecule has 1 atom stereocenters. The van der Waals surface area contributed by atoms with Crippen LogP contribution in [0.2, 0.25) is 0 Å². The van der Waals surface area contributed by atoms with Crippen LogP contribution in [0.4, 0.5) is 17.3 Å². The van der Waals surface area contributed by atoms with Crippen molar-refractivity contribution < 1.29 is 9.53 Å². The van der Waals surface area contributed by atoms with Gasteiger partial charge in [-0.1, -0.05) is 19.1 Å². The van der Waals surface area contributed by atoms with Crippen LogP contribution in [-0.2, 0) is 16.1 Å². The number of benzene rings is 1. The topological polar surface area (TPSA) is 82.6 Å². The van der Waals surface area contributed by atoms with E-state index in [0.29, 0.717) is 18.9 Å². The van der Waals surface area contributed by atoms with Gasteiger partial charge >= 0.3 is 0 Å². The predicted octanol–water partition coefficient (Wildman–Crippen LogP) is 2.99. The molecule has 2 N–H and O–H groups in total. The van der Waals surface area contributed by atoms with Crippen LogP contribution in [0.1, 0.15) is 31.7 Å². The van der Waals surface area contributed by atoms with E-state index in [1.807, 2.05) is 30.3 Å². The number of piperidine rings is 1. The molecule has 0 saturated carbocycles. The van der Waals surface area contributed by atoms with Crippen LogP contribution < -0.4 is 15.5 Å². The Balaban J connectivity index is 1.27. The smallest absolute Gasteiger partial charge is 0.225 e. The second-order valence-electron chi connectivity index (χ2n) is 8.76. The molecule has 0 aliphatic carbocycles. The van der Waals surface area contributed by atoms with Crippen LogP contribution in [0.25, 0.3) is 0 Å². The Morgan fingerprint density at radius 2 is 2.06 bits per heavy atom. The molecule has 2 fully saturated rings. The summed E-state index contributed by atoms with van der Waals surface area (Å²) in [4.78, 5) is 25.8. The van der Waals surface area contributed by atoms with Gasteiger partial charge in [-0.15, -0.1) is 0 Å². The van der Waals surface area contributed by atoms with Crippen LogP contribution in [0.5, 0.6) is 0 Å². The van der Waals surface area contributed by atoms with Gasteiger partial charge in [0.25, 0.3) is 0 Å². The van der Waals surface area contributed by atoms with Gasteiger partial charge in [0.1, 0.15) is 18.0 Å². The van der Waals surface area contributed by atoms with Crippen LogP contribution >= 0.6 is 0 Å². The number of nitrogens with zero attached hydrogens (tertiary/aromatic N) is 4. The number of carbonyl (C=O) groups excluding carboxylic acids is 1. The average molecular weight is 439 g/mol. The zero-order valence-electron chi connectivity index (χ0n) is 18.9. The summed E-state index contributed by atoms with van der Waals surface area (Å²) in [5.41, 5.74) is 1.91. The highest BCUT2D eigenvalue weighted by Gasteiger charge is 2.18. The zero-order chi connectivity index (χ0) is 22.2. The van der Waals surface area contributed by atoms with Crippen molar-refractivity contribution in [2.45, 2.75) is 32.7 Å². The fourth-order valence-corrected chi connectivity index (χ4v) is 4.27. The minimum absolute atomic E-state index is 0.0396. The molecule has 8 nitrogen and oxygen atoms in total. The number of carbonyl (C=O) groups is 1. The van der Waals surface area contributed by atoms with Crippen molar-refractivity contribution in [1.82, 2.24) is 14.9 Å². The molecule has 4 rings (SSSR count). The maximum atomic E-state index is 12.4. The molecule has 2 aromatic rings. The molecule has 0 spiro atoms. The highest BCUT2D eigenvalue weighted by molar-refractivity contribution is 5.90. The number of morpholine rings is 1. The number of rotatable bonds is 8. The molecular formula is C24H34N6O2. The van der Waals surface area contributed by atoms with Crippen molar-refractivity contribution in [2.75, 3.05) is 61.5 Å². The van der Waals surface area contributed by atoms with Gasteiger partial charge in [0, 0.05) is 57.4 Å². The van der Waals surface area contributed by atoms with E-state index in [2.05, 4.69) is 37.3 Å². The van der Waals surface area contributed by atoms with Gasteiger partial charge in [-0.25, -0.2) is 9.97 Å². The van der Waals surface area contributed by atoms with E-state index in [-0.39, 0.29) is 5.91 Å². The average Bonchev–Trinajstić information content (AvgIpc) is 2.83. The summed E-state index contributed by atoms with van der Waals surface area (Å²) >= 11 is 0. The fourth-order valence-electron chi connectivity index (χ4n) is 4.27. The minimum atomic E-state index is 0.0396. The zero-order valence-corrected chi connectivity index (χ0v) is 18.9. The van der Waals surface area contributed by atoms with Crippen molar-refractivity contribution in [2.24, 2.45) is 5.92 Å². The third-order valence-corrected chi connectivity index (χ3v) is 6.08. The lowest BCUT2D eigenvalue weighted by atomic mass is 10.0. The summed E-state index contributed by atoms with van der Waals surface area (Å²) in [7, 11) is 0. The number of hydrogen-bond donors (Lipinski definition) is 2. The predicted molar refractivity (Wildman–Crippen MR) is 127 cm³/mol. The molecule has 1 aromatic carbocycles. The van der Waals surface area contributed by atoms with Gasteiger partial charge in [0.15, 0.2) is 0 Å². The van der Waals surface area contributed by atoms with Gasteiger partial charge in [-0.2, -0.15) is 0 Å². The lowest BCUT2D eigenvalue weighted by molar-refractivity contribution is -0.116. The van der Waals surface area contributed by atoms with Gasteiger partial charge in [0.2, 0.25) is 5.91 Å². The van der Waals surface area contributed by atoms with Gasteiger partial charge in [-0.05, 0) is 36.5 Å². The highest BCUT2D eigenvalue weighted by Crippen LogP contribution is 2.22. The molecule has 32 heavy (non-hydrogen) atoms. The molecule has 0 bridgehead atoms. The summed E-state index contributed by atoms with van der Waals surface area (Å²) in [6.07, 6.45) is 4.61. The quantitative estimate of drug-likeness (QED) is 0.656. The normalized spacial score (nSPS) is 19.5. The van der Waals surface area contributed by atoms with Crippen LogP contribution in [0.15, 0.2) is 36.7 Å². The first-order valence-electron chi connectivity index (χ1n) is 11.7. The van der Waals surface area contributed by atoms with E-state index in [9.17, 15) is 4.79 Å². The van der Waals surface area contributed by atoms with Crippen LogP contribution in [-0.4, -0.2) is 66.7 Å². The first-order valence-corrected chi connectivity index (χ1v) is 11.7. The van der Waals surface area contributed by atoms with Gasteiger partial charge in [0.05, 0.1) is 13.2 Å². The summed E-state index contributed by atoms with van der Waals surface area (Å²) in [6, 6.07) is 9.97. The highest BCUT2D eigenvalue weighted by atomic mass is 16.5. The largest absolute Gasteiger partial charge is 0.379 e. The molecule has 2 saturated heterocycles. The van der Waals surface area contributed by atoms with E-state index >= 15 is 0 Å². The Kier molecular flexibility index (Phi) is 7.90. The number of aromatic nitrogens is 2. The summed E-state index contributed by atoms with van der Waals surface area (Å²) < 4.78 is 5.35. The molecule has 8 heteroatoms. The van der Waals surface area contributed by atoms with Crippen molar-refractivity contribution in [3.8, 4) is 0 Å². The van der Waals surface area contributed by atoms with E-state index < -0.39 is 0 Å². The number of amides is 1. The molecule has 3 heterocycles. The summed E-state index contributed by atoms with van der Waals surface area (Å²) in [5.74, 6) is 2.53. The monoisotopic (exact) mass is 438 g/mol. The summed E-state index contributed by atoms with van der Waals surface area (Å²) in [6.45, 7) is 9.08. The molecule has 1 unspecified atom stereocenters. The molecule has 0 radical (unpaired) electrons. The first kappa shape index (κ1) is 22.5. The van der Waals surface area contributed by atoms with E-state index in [1.165, 1.54) is 12.8 Å². The number of anilines is 3. The minimum Gasteiger partial charge on any atom is -0.379 e. The number of nitrogens with one attached hydrogen (secondary N) is 2. The van der Waals surface area contributed by atoms with E-state index in [1.54, 1.807) is 6.33 Å². The molecule has 1 amide bonds. The standard InChI is InChI=1S/C24H34N6O2/c1-19-4-3-8-30(17-19)23-15-22(26-18-27-23)25-16-20-5-2-6-21(14-20)28-24(31)7-9-29-10-12-32-13-11-29/h2,5-6,14-15,18-19H,3-4,7-13,16-17H2,1H3,(H,28,31)(H,25,26,27). The molecule has 2 aliphatic rings. The number of ether oxygens (including phenoxy) is 1. The van der Waals surface area contributed by atoms with Crippen LogP contribution in [0.3, 0.4) is 0 Å². The van der Waals surface area contributed by atoms with E-state index in [0.717, 1.165) is 68.8 Å². The third kappa shape index (κ3) is 6.64. The Morgan fingerprint density at radius 3 is 2.91 bits per heavy atom. The molecule has 2 aliphatic heterocycles. The number of hydrogen-bond acceptors (Lipinski definition) is 7. The first-order chi connectivity index (χ1) is 15.7. The Morgan fingerprint density at radius 1 is 1.19 bits per heavy atom. The molecular weight excluding hydrogens is 404 g/mol. The van der Waals surface area contributed by atoms with Crippen molar-refractivity contribution >= 4 is 23.2 Å². The Bertz CT molecular complexity index is 886. The second-order valence-corrected chi connectivity index (χ2v) is 8.76. The van der Waals surface area contributed by atoms with Crippen molar-refractivity contribution in [1.29, 1.82) is 0 Å². The van der Waals surface area contributed by atoms with Crippen LogP contribution in [0, 0.1) is 5.92 Å². The summed E-state index contributed by atoms with van der Waals surface area (Å²) in [5, 5.41) is 6.41. The van der Waals surface area contributed by atoms with Gasteiger partial charge < -0.3 is 20.3 Å². The third-order valence-electron chi connectivity index (χ3n) is 6.08. The SMILES string of the molecule is CC1CCCN(c2cc(NCc3cccc(NC(=O)CCN4CCOCC4)c3)ncn2)C1. The molecule has 1 aromatic heterocycles. The Hall–Kier alpha value is -2.71. The maximum absolute atomic E-state index is 12.4. The maximum Gasteiger partial charge on any atom is 0.225 e. The second kappa shape index (κ2) is 11.2. The van der Waals surface area contributed by atoms with E-state index in [4.69, 9.17) is 4.74 Å². The Labute approximate surface area is 190 Å². The molecule has 172 valence electrons. The lowest BCUT2D eigenvalue weighted by Gasteiger charge is -2.31. The van der Waals surface area contributed by atoms with Crippen molar-refractivity contribution in [3.05, 3.63) is 42.2 Å². The fraction of sp³-hybridized carbons (Fsp3) is 0.542. The lowest BCUT2D eigenvalue weighted by Crippen LogP contribution is -2.38.